The van der Waals surface area contributed by atoms with Crippen molar-refractivity contribution in [3.63, 3.8) is 0 Å². The smallest absolute Gasteiger partial charge is 0.307 e. The monoisotopic (exact) mass is 737 g/mol. The molecule has 1 aromatic heterocycles. The minimum Gasteiger partial charge on any atom is -0.493 e. The Labute approximate surface area is 310 Å². The first kappa shape index (κ1) is 38.5. The fourth-order valence-electron chi connectivity index (χ4n) is 6.34. The fraction of sp³-hybridized carbons (Fsp3) is 0.250. The van der Waals surface area contributed by atoms with Crippen LogP contribution in [0, 0.1) is 16.0 Å². The minimum absolute atomic E-state index is 0.00282. The number of amides is 2. The summed E-state index contributed by atoms with van der Waals surface area (Å²) in [5.74, 6) is -4.70. The molecule has 3 atom stereocenters. The summed E-state index contributed by atoms with van der Waals surface area (Å²) in [6, 6.07) is 26.5. The minimum atomic E-state index is -1.48. The Morgan fingerprint density at radius 3 is 2.20 bits per heavy atom. The van der Waals surface area contributed by atoms with Gasteiger partial charge >= 0.3 is 11.9 Å². The summed E-state index contributed by atoms with van der Waals surface area (Å²) >= 11 is 0. The number of nitrogens with zero attached hydrogens (tertiary/aromatic N) is 2. The number of furan rings is 1. The van der Waals surface area contributed by atoms with E-state index in [0.29, 0.717) is 28.5 Å². The first-order valence-electron chi connectivity index (χ1n) is 16.9. The van der Waals surface area contributed by atoms with Crippen molar-refractivity contribution in [3.8, 4) is 11.5 Å². The summed E-state index contributed by atoms with van der Waals surface area (Å²) in [5, 5.41) is 35.3. The van der Waals surface area contributed by atoms with Crippen LogP contribution in [0.15, 0.2) is 101 Å². The number of hydrogen-bond donors (Lipinski definition) is 3. The van der Waals surface area contributed by atoms with E-state index < -0.39 is 59.4 Å². The van der Waals surface area contributed by atoms with Crippen LogP contribution in [0.25, 0.3) is 10.8 Å². The number of carboxylic acids is 2. The zero-order valence-corrected chi connectivity index (χ0v) is 29.8. The Kier molecular flexibility index (Phi) is 12.3. The third kappa shape index (κ3) is 9.39. The van der Waals surface area contributed by atoms with E-state index in [1.807, 2.05) is 42.5 Å². The van der Waals surface area contributed by atoms with Gasteiger partial charge < -0.3 is 34.3 Å². The van der Waals surface area contributed by atoms with E-state index in [0.717, 1.165) is 16.3 Å². The Morgan fingerprint density at radius 2 is 1.56 bits per heavy atom. The van der Waals surface area contributed by atoms with E-state index in [2.05, 4.69) is 5.32 Å². The molecule has 0 fully saturated rings. The summed E-state index contributed by atoms with van der Waals surface area (Å²) in [7, 11) is 2.97. The number of nitro groups is 1. The van der Waals surface area contributed by atoms with Gasteiger partial charge in [0.25, 0.3) is 11.6 Å². The highest BCUT2D eigenvalue weighted by Gasteiger charge is 2.33. The van der Waals surface area contributed by atoms with E-state index in [9.17, 15) is 39.5 Å². The average molecular weight is 738 g/mol. The molecule has 0 aliphatic rings. The van der Waals surface area contributed by atoms with Gasteiger partial charge in [0.1, 0.15) is 5.76 Å². The normalized spacial score (nSPS) is 12.6. The molecule has 0 radical (unpaired) electrons. The number of rotatable bonds is 17. The lowest BCUT2D eigenvalue weighted by atomic mass is 9.86. The Bertz CT molecular complexity index is 2160. The maximum Gasteiger partial charge on any atom is 0.307 e. The van der Waals surface area contributed by atoms with Crippen LogP contribution in [0.4, 0.5) is 11.4 Å². The van der Waals surface area contributed by atoms with Gasteiger partial charge in [0.15, 0.2) is 17.3 Å². The SMILES string of the molecule is COc1ccc(NC(=O)c2ccc(CC(c3ccc([N+](=O)[O-])cc3)C(C)N(Cc3ccc4ccccc4c3)C(=O)CC(CC(=O)O)C(=O)O)o2)cc1OC. The third-order valence-corrected chi connectivity index (χ3v) is 9.23. The Balaban J connectivity index is 1.49. The standard InChI is InChI=1S/C40H39N3O11/c1-24(42(37(44)19-29(40(48)49)20-38(45)46)23-25-8-9-26-6-4-5-7-28(26)18-25)33(27-10-13-31(14-11-27)43(50)51)22-32-15-17-35(54-32)39(47)41-30-12-16-34(52-2)36(21-30)53-3/h4-18,21,24,29,33H,19-20,22-23H2,1-3H3,(H,41,47)(H,45,46)(H,48,49). The molecule has 0 aliphatic heterocycles. The molecule has 5 aromatic rings. The molecule has 4 aromatic carbocycles. The Hall–Kier alpha value is -6.70. The zero-order chi connectivity index (χ0) is 38.9. The van der Waals surface area contributed by atoms with Crippen LogP contribution in [0.1, 0.15) is 53.1 Å². The molecule has 14 heteroatoms. The van der Waals surface area contributed by atoms with Gasteiger partial charge in [-0.25, -0.2) is 0 Å². The molecule has 54 heavy (non-hydrogen) atoms. The molecule has 5 rings (SSSR count). The van der Waals surface area contributed by atoms with Crippen LogP contribution >= 0.6 is 0 Å². The van der Waals surface area contributed by atoms with Gasteiger partial charge in [0, 0.05) is 55.2 Å². The molecule has 0 saturated heterocycles. The van der Waals surface area contributed by atoms with E-state index in [1.54, 1.807) is 43.3 Å². The van der Waals surface area contributed by atoms with E-state index in [1.165, 1.54) is 37.3 Å². The first-order chi connectivity index (χ1) is 25.9. The van der Waals surface area contributed by atoms with Crippen molar-refractivity contribution >= 4 is 45.9 Å². The molecule has 14 nitrogen and oxygen atoms in total. The summed E-state index contributed by atoms with van der Waals surface area (Å²) in [6.07, 6.45) is -1.19. The van der Waals surface area contributed by atoms with Crippen LogP contribution in [-0.4, -0.2) is 64.1 Å². The second-order valence-corrected chi connectivity index (χ2v) is 12.7. The van der Waals surface area contributed by atoms with Gasteiger partial charge in [0.2, 0.25) is 5.91 Å². The molecule has 0 saturated carbocycles. The van der Waals surface area contributed by atoms with E-state index >= 15 is 0 Å². The molecule has 2 amide bonds. The molecular weight excluding hydrogens is 698 g/mol. The maximum absolute atomic E-state index is 14.1. The molecule has 3 N–H and O–H groups in total. The van der Waals surface area contributed by atoms with Crippen molar-refractivity contribution in [3.05, 3.63) is 130 Å². The fourth-order valence-corrected chi connectivity index (χ4v) is 6.34. The number of ether oxygens (including phenoxy) is 2. The number of benzene rings is 4. The van der Waals surface area contributed by atoms with Gasteiger partial charge in [-0.2, -0.15) is 0 Å². The zero-order valence-electron chi connectivity index (χ0n) is 29.8. The second-order valence-electron chi connectivity index (χ2n) is 12.7. The molecule has 0 spiro atoms. The molecular formula is C40H39N3O11. The summed E-state index contributed by atoms with van der Waals surface area (Å²) in [4.78, 5) is 63.4. The number of carboxylic acid groups (broad SMARTS) is 2. The number of fused-ring (bicyclic) bond motifs is 1. The number of non-ortho nitro benzene ring substituents is 1. The molecule has 3 unspecified atom stereocenters. The number of nitrogens with one attached hydrogen (secondary N) is 1. The highest BCUT2D eigenvalue weighted by Crippen LogP contribution is 2.33. The Morgan fingerprint density at radius 1 is 0.852 bits per heavy atom. The number of carbonyl (C=O) groups is 4. The van der Waals surface area contributed by atoms with Crippen molar-refractivity contribution in [1.82, 2.24) is 4.90 Å². The number of carbonyl (C=O) groups excluding carboxylic acids is 2. The van der Waals surface area contributed by atoms with Crippen LogP contribution in [0.5, 0.6) is 11.5 Å². The van der Waals surface area contributed by atoms with Gasteiger partial charge in [-0.05, 0) is 59.2 Å². The maximum atomic E-state index is 14.1. The van der Waals surface area contributed by atoms with Crippen molar-refractivity contribution in [2.75, 3.05) is 19.5 Å². The largest absolute Gasteiger partial charge is 0.493 e. The number of aliphatic carboxylic acids is 2. The van der Waals surface area contributed by atoms with Crippen LogP contribution in [-0.2, 0) is 27.3 Å². The quantitative estimate of drug-likeness (QED) is 0.0661. The molecule has 1 heterocycles. The van der Waals surface area contributed by atoms with Gasteiger partial charge in [-0.1, -0.05) is 48.5 Å². The second kappa shape index (κ2) is 17.2. The van der Waals surface area contributed by atoms with Crippen molar-refractivity contribution < 1.29 is 48.2 Å². The van der Waals surface area contributed by atoms with Gasteiger partial charge in [-0.3, -0.25) is 29.3 Å². The average Bonchev–Trinajstić information content (AvgIpc) is 3.64. The lowest BCUT2D eigenvalue weighted by Gasteiger charge is -2.36. The first-order valence-corrected chi connectivity index (χ1v) is 16.9. The third-order valence-electron chi connectivity index (χ3n) is 9.23. The van der Waals surface area contributed by atoms with Crippen LogP contribution < -0.4 is 14.8 Å². The topological polar surface area (TPSA) is 199 Å². The van der Waals surface area contributed by atoms with Crippen molar-refractivity contribution in [2.24, 2.45) is 5.92 Å². The number of hydrogen-bond acceptors (Lipinski definition) is 9. The van der Waals surface area contributed by atoms with Gasteiger partial charge in [0.05, 0.1) is 31.5 Å². The number of methoxy groups -OCH3 is 2. The highest BCUT2D eigenvalue weighted by atomic mass is 16.6. The van der Waals surface area contributed by atoms with Crippen molar-refractivity contribution in [1.29, 1.82) is 0 Å². The van der Waals surface area contributed by atoms with E-state index in [4.69, 9.17) is 13.9 Å². The summed E-state index contributed by atoms with van der Waals surface area (Å²) in [5.41, 5.74) is 1.64. The van der Waals surface area contributed by atoms with E-state index in [-0.39, 0.29) is 24.4 Å². The van der Waals surface area contributed by atoms with Crippen LogP contribution in [0.3, 0.4) is 0 Å². The number of anilines is 1. The predicted octanol–water partition coefficient (Wildman–Crippen LogP) is 6.92. The molecule has 0 aliphatic carbocycles. The molecule has 280 valence electrons. The number of nitro benzene ring substituents is 1. The molecule has 0 bridgehead atoms. The van der Waals surface area contributed by atoms with Crippen molar-refractivity contribution in [2.45, 2.75) is 44.7 Å². The lowest BCUT2D eigenvalue weighted by molar-refractivity contribution is -0.384. The summed E-state index contributed by atoms with van der Waals surface area (Å²) in [6.45, 7) is 1.82. The highest BCUT2D eigenvalue weighted by molar-refractivity contribution is 6.02. The summed E-state index contributed by atoms with van der Waals surface area (Å²) < 4.78 is 16.6. The van der Waals surface area contributed by atoms with Crippen LogP contribution in [0.2, 0.25) is 0 Å². The lowest BCUT2D eigenvalue weighted by Crippen LogP contribution is -2.43. The van der Waals surface area contributed by atoms with Gasteiger partial charge in [-0.15, -0.1) is 0 Å². The predicted molar refractivity (Wildman–Crippen MR) is 198 cm³/mol.